The second-order valence-corrected chi connectivity index (χ2v) is 7.08. The largest absolute Gasteiger partial charge is 0.394 e. The SMILES string of the molecule is Cc1ccc([C@H]2[C@H](S(C)(=O)=O)[C@@]2(N)CO)cc1. The van der Waals surface area contributed by atoms with E-state index in [4.69, 9.17) is 5.73 Å². The van der Waals surface area contributed by atoms with E-state index in [1.807, 2.05) is 31.2 Å². The first kappa shape index (κ1) is 12.5. The smallest absolute Gasteiger partial charge is 0.152 e. The van der Waals surface area contributed by atoms with Crippen LogP contribution in [0.3, 0.4) is 0 Å². The molecule has 0 aliphatic heterocycles. The molecule has 0 spiro atoms. The molecular formula is C12H17NO3S. The van der Waals surface area contributed by atoms with Crippen LogP contribution in [0.25, 0.3) is 0 Å². The van der Waals surface area contributed by atoms with Gasteiger partial charge in [-0.05, 0) is 12.5 Å². The average molecular weight is 255 g/mol. The molecule has 0 radical (unpaired) electrons. The lowest BCUT2D eigenvalue weighted by atomic mass is 10.1. The maximum absolute atomic E-state index is 11.6. The minimum Gasteiger partial charge on any atom is -0.394 e. The zero-order valence-electron chi connectivity index (χ0n) is 9.92. The topological polar surface area (TPSA) is 80.4 Å². The molecule has 0 bridgehead atoms. The summed E-state index contributed by atoms with van der Waals surface area (Å²) in [6, 6.07) is 7.60. The Hall–Kier alpha value is -0.910. The van der Waals surface area contributed by atoms with Crippen LogP contribution in [-0.2, 0) is 9.84 Å². The number of nitrogens with two attached hydrogens (primary N) is 1. The first-order valence-electron chi connectivity index (χ1n) is 5.46. The Bertz CT molecular complexity index is 523. The van der Waals surface area contributed by atoms with E-state index in [1.54, 1.807) is 0 Å². The normalized spacial score (nSPS) is 32.5. The van der Waals surface area contributed by atoms with Gasteiger partial charge in [0.1, 0.15) is 0 Å². The van der Waals surface area contributed by atoms with E-state index in [0.717, 1.165) is 11.1 Å². The van der Waals surface area contributed by atoms with E-state index >= 15 is 0 Å². The van der Waals surface area contributed by atoms with Gasteiger partial charge in [-0.3, -0.25) is 0 Å². The lowest BCUT2D eigenvalue weighted by Crippen LogP contribution is -2.34. The van der Waals surface area contributed by atoms with Crippen LogP contribution in [0.4, 0.5) is 0 Å². The van der Waals surface area contributed by atoms with Crippen LogP contribution in [0.1, 0.15) is 17.0 Å². The Morgan fingerprint density at radius 2 is 1.88 bits per heavy atom. The standard InChI is InChI=1S/C12H17NO3S/c1-8-3-5-9(6-4-8)10-11(17(2,15)16)12(10,13)7-14/h3-6,10-11,14H,7,13H2,1-2H3/t10-,11-,12+/m0/s1. The monoisotopic (exact) mass is 255 g/mol. The van der Waals surface area contributed by atoms with Gasteiger partial charge in [0.15, 0.2) is 9.84 Å². The van der Waals surface area contributed by atoms with E-state index in [1.165, 1.54) is 6.26 Å². The van der Waals surface area contributed by atoms with Crippen molar-refractivity contribution in [2.45, 2.75) is 23.6 Å². The molecule has 0 aromatic heterocycles. The van der Waals surface area contributed by atoms with Gasteiger partial charge in [-0.15, -0.1) is 0 Å². The molecule has 1 aromatic rings. The van der Waals surface area contributed by atoms with Crippen molar-refractivity contribution in [2.75, 3.05) is 12.9 Å². The van der Waals surface area contributed by atoms with E-state index in [2.05, 4.69) is 0 Å². The zero-order valence-corrected chi connectivity index (χ0v) is 10.7. The van der Waals surface area contributed by atoms with E-state index in [0.29, 0.717) is 0 Å². The van der Waals surface area contributed by atoms with Crippen LogP contribution >= 0.6 is 0 Å². The van der Waals surface area contributed by atoms with Gasteiger partial charge in [-0.1, -0.05) is 29.8 Å². The summed E-state index contributed by atoms with van der Waals surface area (Å²) in [6.45, 7) is 1.65. The minimum atomic E-state index is -3.24. The summed E-state index contributed by atoms with van der Waals surface area (Å²) >= 11 is 0. The van der Waals surface area contributed by atoms with Crippen molar-refractivity contribution in [2.24, 2.45) is 5.73 Å². The zero-order chi connectivity index (χ0) is 12.8. The third-order valence-electron chi connectivity index (χ3n) is 3.47. The van der Waals surface area contributed by atoms with Crippen LogP contribution in [0.2, 0.25) is 0 Å². The first-order valence-corrected chi connectivity index (χ1v) is 7.41. The minimum absolute atomic E-state index is 0.303. The number of aryl methyl sites for hydroxylation is 1. The van der Waals surface area contributed by atoms with Crippen molar-refractivity contribution < 1.29 is 13.5 Å². The summed E-state index contributed by atoms with van der Waals surface area (Å²) < 4.78 is 23.3. The second-order valence-electron chi connectivity index (χ2n) is 4.91. The number of aliphatic hydroxyl groups excluding tert-OH is 1. The molecule has 3 atom stereocenters. The van der Waals surface area contributed by atoms with Crippen molar-refractivity contribution in [1.29, 1.82) is 0 Å². The Kier molecular flexibility index (Phi) is 2.80. The molecule has 0 amide bonds. The van der Waals surface area contributed by atoms with Gasteiger partial charge in [0, 0.05) is 12.2 Å². The average Bonchev–Trinajstić information content (AvgIpc) is 2.87. The van der Waals surface area contributed by atoms with Gasteiger partial charge < -0.3 is 10.8 Å². The van der Waals surface area contributed by atoms with Crippen molar-refractivity contribution in [3.63, 3.8) is 0 Å². The highest BCUT2D eigenvalue weighted by Gasteiger charge is 2.67. The van der Waals surface area contributed by atoms with Crippen molar-refractivity contribution >= 4 is 9.84 Å². The number of aliphatic hydroxyl groups is 1. The molecule has 0 heterocycles. The number of sulfone groups is 1. The van der Waals surface area contributed by atoms with Crippen LogP contribution in [0.5, 0.6) is 0 Å². The predicted octanol–water partition coefficient (Wildman–Crippen LogP) is 0.195. The van der Waals surface area contributed by atoms with Crippen LogP contribution in [0, 0.1) is 6.92 Å². The Balaban J connectivity index is 2.37. The molecule has 1 aromatic carbocycles. The Labute approximate surface area is 101 Å². The first-order chi connectivity index (χ1) is 7.80. The summed E-state index contributed by atoms with van der Waals surface area (Å²) in [5, 5.41) is 8.62. The third-order valence-corrected chi connectivity index (χ3v) is 5.11. The molecule has 0 saturated heterocycles. The number of hydrogen-bond donors (Lipinski definition) is 2. The molecule has 1 aliphatic carbocycles. The van der Waals surface area contributed by atoms with E-state index in [9.17, 15) is 13.5 Å². The highest BCUT2D eigenvalue weighted by Crippen LogP contribution is 2.53. The quantitative estimate of drug-likeness (QED) is 0.808. The Morgan fingerprint density at radius 1 is 1.35 bits per heavy atom. The lowest BCUT2D eigenvalue weighted by molar-refractivity contribution is 0.253. The maximum Gasteiger partial charge on any atom is 0.152 e. The summed E-state index contributed by atoms with van der Waals surface area (Å²) in [5.41, 5.74) is 6.92. The fourth-order valence-corrected chi connectivity index (χ4v) is 4.36. The molecule has 0 unspecified atom stereocenters. The van der Waals surface area contributed by atoms with Gasteiger partial charge in [0.05, 0.1) is 17.4 Å². The van der Waals surface area contributed by atoms with Gasteiger partial charge >= 0.3 is 0 Å². The van der Waals surface area contributed by atoms with E-state index in [-0.39, 0.29) is 12.5 Å². The maximum atomic E-state index is 11.6. The van der Waals surface area contributed by atoms with Gasteiger partial charge in [-0.25, -0.2) is 8.42 Å². The Morgan fingerprint density at radius 3 is 2.24 bits per heavy atom. The van der Waals surface area contributed by atoms with Crippen LogP contribution in [-0.4, -0.2) is 37.2 Å². The molecule has 1 aliphatic rings. The van der Waals surface area contributed by atoms with Crippen LogP contribution < -0.4 is 5.73 Å². The van der Waals surface area contributed by atoms with Crippen molar-refractivity contribution in [1.82, 2.24) is 0 Å². The van der Waals surface area contributed by atoms with E-state index < -0.39 is 20.6 Å². The number of hydrogen-bond acceptors (Lipinski definition) is 4. The fourth-order valence-electron chi connectivity index (χ4n) is 2.52. The molecular weight excluding hydrogens is 238 g/mol. The molecule has 94 valence electrons. The highest BCUT2D eigenvalue weighted by molar-refractivity contribution is 7.91. The molecule has 4 nitrogen and oxygen atoms in total. The molecule has 1 saturated carbocycles. The molecule has 5 heteroatoms. The number of rotatable bonds is 3. The summed E-state index contributed by atoms with van der Waals surface area (Å²) in [5.74, 6) is -0.303. The second kappa shape index (κ2) is 3.80. The predicted molar refractivity (Wildman–Crippen MR) is 66.6 cm³/mol. The molecule has 2 rings (SSSR count). The van der Waals surface area contributed by atoms with Gasteiger partial charge in [-0.2, -0.15) is 0 Å². The summed E-state index contributed by atoms with van der Waals surface area (Å²) in [4.78, 5) is 0. The van der Waals surface area contributed by atoms with Gasteiger partial charge in [0.25, 0.3) is 0 Å². The molecule has 1 fully saturated rings. The third kappa shape index (κ3) is 1.99. The molecule has 3 N–H and O–H groups in total. The van der Waals surface area contributed by atoms with Gasteiger partial charge in [0.2, 0.25) is 0 Å². The van der Waals surface area contributed by atoms with Crippen molar-refractivity contribution in [3.8, 4) is 0 Å². The lowest BCUT2D eigenvalue weighted by Gasteiger charge is -2.06. The summed E-state index contributed by atoms with van der Waals surface area (Å²) in [6.07, 6.45) is 1.17. The van der Waals surface area contributed by atoms with Crippen LogP contribution in [0.15, 0.2) is 24.3 Å². The fraction of sp³-hybridized carbons (Fsp3) is 0.500. The molecule has 17 heavy (non-hydrogen) atoms. The summed E-state index contributed by atoms with van der Waals surface area (Å²) in [7, 11) is -3.24. The number of benzene rings is 1. The highest BCUT2D eigenvalue weighted by atomic mass is 32.2. The van der Waals surface area contributed by atoms with Crippen molar-refractivity contribution in [3.05, 3.63) is 35.4 Å².